The number of nitrogens with one attached hydrogen (secondary N) is 1. The molecule has 6 heteroatoms. The lowest BCUT2D eigenvalue weighted by Crippen LogP contribution is -2.47. The third kappa shape index (κ3) is 5.31. The second-order valence-electron chi connectivity index (χ2n) is 6.91. The summed E-state index contributed by atoms with van der Waals surface area (Å²) in [5, 5.41) is 2.86. The molecule has 0 aliphatic carbocycles. The van der Waals surface area contributed by atoms with Crippen LogP contribution in [-0.2, 0) is 4.79 Å². The van der Waals surface area contributed by atoms with Crippen molar-refractivity contribution in [2.45, 2.75) is 13.3 Å². The van der Waals surface area contributed by atoms with Crippen molar-refractivity contribution in [2.24, 2.45) is 5.73 Å². The van der Waals surface area contributed by atoms with E-state index < -0.39 is 5.91 Å². The summed E-state index contributed by atoms with van der Waals surface area (Å²) in [4.78, 5) is 27.9. The van der Waals surface area contributed by atoms with Crippen LogP contribution in [0.15, 0.2) is 48.5 Å². The number of benzene rings is 2. The molecule has 0 aromatic heterocycles. The number of carbonyl (C=O) groups excluding carboxylic acids is 2. The number of amides is 2. The molecule has 1 fully saturated rings. The minimum atomic E-state index is -0.474. The van der Waals surface area contributed by atoms with Crippen molar-refractivity contribution in [3.8, 4) is 0 Å². The van der Waals surface area contributed by atoms with Crippen molar-refractivity contribution in [1.29, 1.82) is 0 Å². The molecule has 0 saturated carbocycles. The predicted octanol–water partition coefficient (Wildman–Crippen LogP) is 2.24. The zero-order valence-electron chi connectivity index (χ0n) is 15.6. The van der Waals surface area contributed by atoms with E-state index in [-0.39, 0.29) is 5.91 Å². The highest BCUT2D eigenvalue weighted by molar-refractivity contribution is 5.94. The van der Waals surface area contributed by atoms with Gasteiger partial charge >= 0.3 is 0 Å². The zero-order chi connectivity index (χ0) is 19.2. The molecule has 2 amide bonds. The van der Waals surface area contributed by atoms with Crippen LogP contribution in [0.2, 0.25) is 0 Å². The molecule has 2 aromatic carbocycles. The molecule has 3 rings (SSSR count). The molecule has 0 atom stereocenters. The molecular formula is C21H26N4O2. The second-order valence-corrected chi connectivity index (χ2v) is 6.91. The molecule has 0 unspecified atom stereocenters. The molecule has 27 heavy (non-hydrogen) atoms. The van der Waals surface area contributed by atoms with Gasteiger partial charge in [-0.3, -0.25) is 14.5 Å². The maximum Gasteiger partial charge on any atom is 0.248 e. The molecule has 1 heterocycles. The van der Waals surface area contributed by atoms with Crippen LogP contribution in [0.5, 0.6) is 0 Å². The Labute approximate surface area is 159 Å². The highest BCUT2D eigenvalue weighted by atomic mass is 16.2. The predicted molar refractivity (Wildman–Crippen MR) is 108 cm³/mol. The van der Waals surface area contributed by atoms with E-state index in [0.29, 0.717) is 17.7 Å². The summed E-state index contributed by atoms with van der Waals surface area (Å²) in [6, 6.07) is 15.2. The lowest BCUT2D eigenvalue weighted by Gasteiger charge is -2.36. The monoisotopic (exact) mass is 366 g/mol. The number of hydrogen-bond acceptors (Lipinski definition) is 4. The number of nitrogens with two attached hydrogens (primary N) is 1. The van der Waals surface area contributed by atoms with E-state index in [1.54, 1.807) is 24.3 Å². The van der Waals surface area contributed by atoms with Crippen LogP contribution >= 0.6 is 0 Å². The third-order valence-corrected chi connectivity index (χ3v) is 4.85. The van der Waals surface area contributed by atoms with Crippen molar-refractivity contribution < 1.29 is 9.59 Å². The first-order chi connectivity index (χ1) is 13.0. The molecule has 0 radical (unpaired) electrons. The standard InChI is InChI=1S/C21H26N4O2/c1-16-3-2-4-19(15-16)25-13-11-24(12-14-25)10-9-20(26)23-18-7-5-17(6-8-18)21(22)27/h2-8,15H,9-14H2,1H3,(H2,22,27)(H,23,26). The first kappa shape index (κ1) is 18.9. The van der Waals surface area contributed by atoms with Crippen molar-refractivity contribution in [3.63, 3.8) is 0 Å². The van der Waals surface area contributed by atoms with Gasteiger partial charge in [0.05, 0.1) is 0 Å². The molecule has 3 N–H and O–H groups in total. The van der Waals surface area contributed by atoms with Gasteiger partial charge in [0.15, 0.2) is 0 Å². The number of anilines is 2. The summed E-state index contributed by atoms with van der Waals surface area (Å²) >= 11 is 0. The topological polar surface area (TPSA) is 78.7 Å². The van der Waals surface area contributed by atoms with E-state index in [9.17, 15) is 9.59 Å². The number of piperazine rings is 1. The van der Waals surface area contributed by atoms with Crippen LogP contribution in [0.3, 0.4) is 0 Å². The zero-order valence-corrected chi connectivity index (χ0v) is 15.6. The van der Waals surface area contributed by atoms with Crippen LogP contribution in [0.4, 0.5) is 11.4 Å². The normalized spacial score (nSPS) is 14.8. The van der Waals surface area contributed by atoms with Gasteiger partial charge in [0.25, 0.3) is 0 Å². The van der Waals surface area contributed by atoms with E-state index in [0.717, 1.165) is 32.7 Å². The minimum Gasteiger partial charge on any atom is -0.369 e. The van der Waals surface area contributed by atoms with E-state index >= 15 is 0 Å². The number of aryl methyl sites for hydroxylation is 1. The van der Waals surface area contributed by atoms with Crippen LogP contribution in [0, 0.1) is 6.92 Å². The van der Waals surface area contributed by atoms with Gasteiger partial charge in [-0.2, -0.15) is 0 Å². The first-order valence-corrected chi connectivity index (χ1v) is 9.25. The molecule has 0 spiro atoms. The van der Waals surface area contributed by atoms with Gasteiger partial charge in [-0.15, -0.1) is 0 Å². The Morgan fingerprint density at radius 1 is 1.04 bits per heavy atom. The number of carbonyl (C=O) groups is 2. The maximum absolute atomic E-state index is 12.2. The van der Waals surface area contributed by atoms with Gasteiger partial charge in [0.2, 0.25) is 11.8 Å². The van der Waals surface area contributed by atoms with Gasteiger partial charge in [0, 0.05) is 56.1 Å². The van der Waals surface area contributed by atoms with Gasteiger partial charge in [-0.1, -0.05) is 12.1 Å². The average Bonchev–Trinajstić information content (AvgIpc) is 2.67. The number of nitrogens with zero attached hydrogens (tertiary/aromatic N) is 2. The number of primary amides is 1. The second kappa shape index (κ2) is 8.68. The lowest BCUT2D eigenvalue weighted by atomic mass is 10.2. The van der Waals surface area contributed by atoms with Crippen molar-refractivity contribution >= 4 is 23.2 Å². The van der Waals surface area contributed by atoms with E-state index in [4.69, 9.17) is 5.73 Å². The highest BCUT2D eigenvalue weighted by Crippen LogP contribution is 2.18. The van der Waals surface area contributed by atoms with E-state index in [1.807, 2.05) is 0 Å². The third-order valence-electron chi connectivity index (χ3n) is 4.85. The number of rotatable bonds is 6. The Bertz CT molecular complexity index is 796. The van der Waals surface area contributed by atoms with Crippen molar-refractivity contribution in [2.75, 3.05) is 42.9 Å². The molecule has 1 aliphatic heterocycles. The molecular weight excluding hydrogens is 340 g/mol. The summed E-state index contributed by atoms with van der Waals surface area (Å²) in [6.45, 7) is 6.70. The Hall–Kier alpha value is -2.86. The molecule has 142 valence electrons. The van der Waals surface area contributed by atoms with Crippen LogP contribution < -0.4 is 16.0 Å². The first-order valence-electron chi connectivity index (χ1n) is 9.25. The van der Waals surface area contributed by atoms with Gasteiger partial charge in [0.1, 0.15) is 0 Å². The smallest absolute Gasteiger partial charge is 0.248 e. The van der Waals surface area contributed by atoms with Crippen LogP contribution in [-0.4, -0.2) is 49.4 Å². The van der Waals surface area contributed by atoms with E-state index in [1.165, 1.54) is 11.3 Å². The fourth-order valence-corrected chi connectivity index (χ4v) is 3.26. The van der Waals surface area contributed by atoms with Gasteiger partial charge in [-0.25, -0.2) is 0 Å². The summed E-state index contributed by atoms with van der Waals surface area (Å²) in [7, 11) is 0. The van der Waals surface area contributed by atoms with Crippen molar-refractivity contribution in [1.82, 2.24) is 4.90 Å². The molecule has 0 bridgehead atoms. The summed E-state index contributed by atoms with van der Waals surface area (Å²) in [5.74, 6) is -0.499. The Morgan fingerprint density at radius 3 is 2.37 bits per heavy atom. The van der Waals surface area contributed by atoms with Crippen LogP contribution in [0.1, 0.15) is 22.3 Å². The summed E-state index contributed by atoms with van der Waals surface area (Å²) < 4.78 is 0. The average molecular weight is 366 g/mol. The Kier molecular flexibility index (Phi) is 6.08. The minimum absolute atomic E-state index is 0.0251. The van der Waals surface area contributed by atoms with Gasteiger partial charge < -0.3 is 16.0 Å². The lowest BCUT2D eigenvalue weighted by molar-refractivity contribution is -0.116. The molecule has 2 aromatic rings. The molecule has 1 aliphatic rings. The largest absolute Gasteiger partial charge is 0.369 e. The highest BCUT2D eigenvalue weighted by Gasteiger charge is 2.18. The van der Waals surface area contributed by atoms with Gasteiger partial charge in [-0.05, 0) is 48.9 Å². The SMILES string of the molecule is Cc1cccc(N2CCN(CCC(=O)Nc3ccc(C(N)=O)cc3)CC2)c1. The van der Waals surface area contributed by atoms with Crippen molar-refractivity contribution in [3.05, 3.63) is 59.7 Å². The number of hydrogen-bond donors (Lipinski definition) is 2. The summed E-state index contributed by atoms with van der Waals surface area (Å²) in [5.41, 5.74) is 8.86. The van der Waals surface area contributed by atoms with Crippen LogP contribution in [0.25, 0.3) is 0 Å². The molecule has 1 saturated heterocycles. The summed E-state index contributed by atoms with van der Waals surface area (Å²) in [6.07, 6.45) is 0.446. The quantitative estimate of drug-likeness (QED) is 0.822. The fraction of sp³-hybridized carbons (Fsp3) is 0.333. The Balaban J connectivity index is 1.41. The molecule has 6 nitrogen and oxygen atoms in total. The Morgan fingerprint density at radius 2 is 1.74 bits per heavy atom. The van der Waals surface area contributed by atoms with E-state index in [2.05, 4.69) is 46.3 Å². The maximum atomic E-state index is 12.2. The fourth-order valence-electron chi connectivity index (χ4n) is 3.26.